The maximum atomic E-state index is 5.03. The molecule has 5 heteroatoms. The van der Waals surface area contributed by atoms with E-state index in [1.807, 2.05) is 0 Å². The average Bonchev–Trinajstić information content (AvgIpc) is 1.35. The van der Waals surface area contributed by atoms with Gasteiger partial charge in [0.15, 0.2) is 0 Å². The molecular formula is CH3I2PS2. The fourth-order valence-electron chi connectivity index (χ4n) is 0. The molecule has 0 aliphatic heterocycles. The van der Waals surface area contributed by atoms with Gasteiger partial charge in [-0.3, -0.25) is 0 Å². The van der Waals surface area contributed by atoms with E-state index in [1.165, 1.54) is 0 Å². The van der Waals surface area contributed by atoms with Crippen LogP contribution in [0.5, 0.6) is 0 Å². The first-order valence-corrected chi connectivity index (χ1v) is 11.3. The Balaban J connectivity index is 3.48. The quantitative estimate of drug-likeness (QED) is 0.517. The molecule has 0 aromatic heterocycles. The second-order valence-electron chi connectivity index (χ2n) is 0.597. The zero-order valence-corrected chi connectivity index (χ0v) is 9.86. The molecule has 0 heterocycles. The van der Waals surface area contributed by atoms with Gasteiger partial charge in [-0.15, -0.1) is 11.4 Å². The molecule has 0 aromatic carbocycles. The Morgan fingerprint density at radius 3 is 1.83 bits per heavy atom. The number of hydrogen-bond acceptors (Lipinski definition) is 2. The lowest BCUT2D eigenvalue weighted by Gasteiger charge is -1.94. The summed E-state index contributed by atoms with van der Waals surface area (Å²) in [6.07, 6.45) is 2.06. The second kappa shape index (κ2) is 3.48. The van der Waals surface area contributed by atoms with Gasteiger partial charge in [0.05, 0.1) is 0 Å². The zero-order valence-electron chi connectivity index (χ0n) is 3.02. The van der Waals surface area contributed by atoms with Crippen LogP contribution in [0.15, 0.2) is 0 Å². The van der Waals surface area contributed by atoms with Crippen molar-refractivity contribution in [3.63, 3.8) is 0 Å². The SMILES string of the molecule is CSP(=S)(I)I. The monoisotopic (exact) mass is 364 g/mol. The lowest BCUT2D eigenvalue weighted by Crippen LogP contribution is -1.33. The molecule has 0 bridgehead atoms. The Bertz CT molecular complexity index is 75.6. The number of halogens is 2. The van der Waals surface area contributed by atoms with Crippen molar-refractivity contribution in [2.75, 3.05) is 6.26 Å². The van der Waals surface area contributed by atoms with E-state index < -0.39 is 0.525 Å². The summed E-state index contributed by atoms with van der Waals surface area (Å²) in [6, 6.07) is 0. The summed E-state index contributed by atoms with van der Waals surface area (Å²) < 4.78 is -0.957. The molecule has 0 saturated heterocycles. The number of rotatable bonds is 1. The Morgan fingerprint density at radius 1 is 1.67 bits per heavy atom. The summed E-state index contributed by atoms with van der Waals surface area (Å²) in [5.41, 5.74) is 0. The Morgan fingerprint density at radius 2 is 1.83 bits per heavy atom. The van der Waals surface area contributed by atoms with Gasteiger partial charge >= 0.3 is 0 Å². The van der Waals surface area contributed by atoms with Crippen molar-refractivity contribution in [2.45, 2.75) is 0 Å². The first-order valence-electron chi connectivity index (χ1n) is 1.11. The molecular weight excluding hydrogens is 361 g/mol. The van der Waals surface area contributed by atoms with Crippen LogP contribution in [0.3, 0.4) is 0 Å². The van der Waals surface area contributed by atoms with Crippen LogP contribution in [0, 0.1) is 0 Å². The van der Waals surface area contributed by atoms with Gasteiger partial charge in [-0.1, -0.05) is 11.8 Å². The molecule has 0 saturated carbocycles. The zero-order chi connectivity index (χ0) is 5.21. The van der Waals surface area contributed by atoms with E-state index in [0.717, 1.165) is 0 Å². The van der Waals surface area contributed by atoms with Crippen LogP contribution in [0.2, 0.25) is 0 Å². The summed E-state index contributed by atoms with van der Waals surface area (Å²) in [7, 11) is 0. The van der Waals surface area contributed by atoms with Crippen molar-refractivity contribution < 1.29 is 0 Å². The van der Waals surface area contributed by atoms with Gasteiger partial charge in [-0.05, 0) is 50.3 Å². The second-order valence-corrected chi connectivity index (χ2v) is 28.9. The topological polar surface area (TPSA) is 0 Å². The predicted octanol–water partition coefficient (Wildman–Crippen LogP) is 3.44. The van der Waals surface area contributed by atoms with Crippen LogP contribution in [-0.4, -0.2) is 6.26 Å². The van der Waals surface area contributed by atoms with Gasteiger partial charge < -0.3 is 0 Å². The highest BCUT2D eigenvalue weighted by Gasteiger charge is 1.99. The van der Waals surface area contributed by atoms with Gasteiger partial charge in [-0.25, -0.2) is 0 Å². The smallest absolute Gasteiger partial charge is 0.108 e. The van der Waals surface area contributed by atoms with Gasteiger partial charge in [0.2, 0.25) is 0 Å². The molecule has 0 radical (unpaired) electrons. The summed E-state index contributed by atoms with van der Waals surface area (Å²) in [5, 5.41) is 0. The minimum atomic E-state index is -0.957. The summed E-state index contributed by atoms with van der Waals surface area (Å²) >= 11 is 11.4. The molecule has 0 amide bonds. The van der Waals surface area contributed by atoms with Crippen molar-refractivity contribution in [1.29, 1.82) is 0 Å². The Hall–Kier alpha value is 2.46. The maximum absolute atomic E-state index is 5.03. The maximum Gasteiger partial charge on any atom is 0.118 e. The molecule has 0 aliphatic rings. The summed E-state index contributed by atoms with van der Waals surface area (Å²) in [5.74, 6) is 0. The van der Waals surface area contributed by atoms with E-state index >= 15 is 0 Å². The van der Waals surface area contributed by atoms with E-state index in [9.17, 15) is 0 Å². The van der Waals surface area contributed by atoms with Gasteiger partial charge in [-0.2, -0.15) is 0 Å². The van der Waals surface area contributed by atoms with Crippen LogP contribution in [0.1, 0.15) is 0 Å². The molecule has 0 nitrogen and oxygen atoms in total. The fourth-order valence-corrected chi connectivity index (χ4v) is 0. The molecule has 0 unspecified atom stereocenters. The third-order valence-corrected chi connectivity index (χ3v) is 10.3. The lowest BCUT2D eigenvalue weighted by molar-refractivity contribution is 2.54. The Kier molecular flexibility index (Phi) is 4.91. The normalized spacial score (nSPS) is 11.8. The van der Waals surface area contributed by atoms with Crippen LogP contribution < -0.4 is 0 Å². The van der Waals surface area contributed by atoms with Crippen molar-refractivity contribution in [3.05, 3.63) is 0 Å². The Labute approximate surface area is 72.9 Å². The van der Waals surface area contributed by atoms with E-state index in [0.29, 0.717) is 0 Å². The highest BCUT2D eigenvalue weighted by atomic mass is 127. The van der Waals surface area contributed by atoms with Crippen molar-refractivity contribution in [3.8, 4) is 0 Å². The van der Waals surface area contributed by atoms with Crippen LogP contribution in [0.25, 0.3) is 0 Å². The molecule has 6 heavy (non-hydrogen) atoms. The molecule has 0 spiro atoms. The van der Waals surface area contributed by atoms with Crippen molar-refractivity contribution in [2.24, 2.45) is 0 Å². The molecule has 0 aliphatic carbocycles. The first kappa shape index (κ1) is 8.46. The van der Waals surface area contributed by atoms with Crippen molar-refractivity contribution in [1.82, 2.24) is 0 Å². The van der Waals surface area contributed by atoms with Crippen LogP contribution in [0.4, 0.5) is 0 Å². The van der Waals surface area contributed by atoms with Crippen LogP contribution >= 0.6 is 56.0 Å². The third kappa shape index (κ3) is 6.46. The summed E-state index contributed by atoms with van der Waals surface area (Å²) in [4.78, 5) is 0. The minimum absolute atomic E-state index is 0.957. The van der Waals surface area contributed by atoms with E-state index in [4.69, 9.17) is 11.8 Å². The molecule has 0 rings (SSSR count). The molecule has 0 N–H and O–H groups in total. The van der Waals surface area contributed by atoms with Gasteiger partial charge in [0, 0.05) is 0 Å². The lowest BCUT2D eigenvalue weighted by atomic mass is 12.0. The average molecular weight is 364 g/mol. The third-order valence-electron chi connectivity index (χ3n) is 0.213. The molecule has 0 aromatic rings. The van der Waals surface area contributed by atoms with E-state index in [1.54, 1.807) is 11.4 Å². The van der Waals surface area contributed by atoms with Gasteiger partial charge in [0.25, 0.3) is 0 Å². The molecule has 38 valence electrons. The highest BCUT2D eigenvalue weighted by molar-refractivity contribution is 14.3. The van der Waals surface area contributed by atoms with Crippen molar-refractivity contribution >= 4 is 67.8 Å². The molecule has 0 fully saturated rings. The summed E-state index contributed by atoms with van der Waals surface area (Å²) in [6.45, 7) is 0. The highest BCUT2D eigenvalue weighted by Crippen LogP contribution is 2.72. The minimum Gasteiger partial charge on any atom is -0.108 e. The molecule has 0 atom stereocenters. The first-order chi connectivity index (χ1) is 2.56. The van der Waals surface area contributed by atoms with E-state index in [2.05, 4.69) is 50.3 Å². The van der Waals surface area contributed by atoms with Gasteiger partial charge in [0.1, 0.15) is 0.525 Å². The predicted molar refractivity (Wildman–Crippen MR) is 55.8 cm³/mol. The van der Waals surface area contributed by atoms with E-state index in [-0.39, 0.29) is 0 Å². The van der Waals surface area contributed by atoms with Crippen LogP contribution in [-0.2, 0) is 11.8 Å². The largest absolute Gasteiger partial charge is 0.118 e. The number of hydrogen-bond donors (Lipinski definition) is 0. The standard InChI is InChI=1S/CH3I2PS2/c1-6-4(2,3)5/h1H3. The fraction of sp³-hybridized carbons (Fsp3) is 1.00.